The summed E-state index contributed by atoms with van der Waals surface area (Å²) >= 11 is 6.03. The van der Waals surface area contributed by atoms with Crippen molar-refractivity contribution in [2.45, 2.75) is 62.3 Å². The molecule has 224 valence electrons. The van der Waals surface area contributed by atoms with Gasteiger partial charge in [0.05, 0.1) is 5.25 Å². The van der Waals surface area contributed by atoms with E-state index in [1.807, 2.05) is 6.92 Å². The van der Waals surface area contributed by atoms with Crippen LogP contribution in [0.25, 0.3) is 0 Å². The Labute approximate surface area is 249 Å². The predicted octanol–water partition coefficient (Wildman–Crippen LogP) is 6.01. The fourth-order valence-electron chi connectivity index (χ4n) is 5.75. The summed E-state index contributed by atoms with van der Waals surface area (Å²) in [5, 5.41) is 6.20. The highest BCUT2D eigenvalue weighted by molar-refractivity contribution is 7.90. The molecule has 1 saturated heterocycles. The second-order valence-corrected chi connectivity index (χ2v) is 13.7. The predicted molar refractivity (Wildman–Crippen MR) is 158 cm³/mol. The Morgan fingerprint density at radius 1 is 1.02 bits per heavy atom. The number of nitrogens with one attached hydrogen (secondary N) is 2. The number of benzene rings is 3. The standard InChI is InChI=1S/C31H33ClF3N3O3S/c1-19-17-36-18-25(38(19)42(40,41)26-10-11-26)9-12-27-29(35)3-2-4-30(27)37-31(39)16-28(20-5-7-22(32)8-6-20)21-13-23(33)15-24(34)14-21/h2-8,13-15,19,25-26,28,36H,9-12,16-18H2,1H3,(H,37,39). The van der Waals surface area contributed by atoms with Gasteiger partial charge in [-0.3, -0.25) is 4.79 Å². The first-order valence-electron chi connectivity index (χ1n) is 14.0. The Morgan fingerprint density at radius 2 is 1.71 bits per heavy atom. The molecule has 0 aromatic heterocycles. The number of hydrogen-bond acceptors (Lipinski definition) is 4. The van der Waals surface area contributed by atoms with Crippen molar-refractivity contribution in [3.63, 3.8) is 0 Å². The molecule has 3 aromatic rings. The third kappa shape index (κ3) is 6.99. The third-order valence-electron chi connectivity index (χ3n) is 7.92. The van der Waals surface area contributed by atoms with E-state index in [9.17, 15) is 22.0 Å². The van der Waals surface area contributed by atoms with E-state index >= 15 is 4.39 Å². The topological polar surface area (TPSA) is 78.5 Å². The number of rotatable bonds is 10. The third-order valence-corrected chi connectivity index (χ3v) is 10.7. The largest absolute Gasteiger partial charge is 0.326 e. The lowest BCUT2D eigenvalue weighted by Gasteiger charge is -2.40. The molecule has 2 N–H and O–H groups in total. The monoisotopic (exact) mass is 619 g/mol. The van der Waals surface area contributed by atoms with Crippen molar-refractivity contribution >= 4 is 33.2 Å². The average molecular weight is 620 g/mol. The van der Waals surface area contributed by atoms with Gasteiger partial charge in [-0.25, -0.2) is 21.6 Å². The smallest absolute Gasteiger partial charge is 0.225 e. The SMILES string of the molecule is CC1CNCC(CCc2c(F)cccc2NC(=O)CC(c2ccc(Cl)cc2)c2cc(F)cc(F)c2)N1S(=O)(=O)C1CC1. The normalized spacial score (nSPS) is 20.3. The van der Waals surface area contributed by atoms with Gasteiger partial charge in [0.2, 0.25) is 15.9 Å². The van der Waals surface area contributed by atoms with Gasteiger partial charge in [0.1, 0.15) is 17.5 Å². The lowest BCUT2D eigenvalue weighted by molar-refractivity contribution is -0.116. The molecule has 2 aliphatic rings. The van der Waals surface area contributed by atoms with Crippen LogP contribution in [0.1, 0.15) is 55.2 Å². The zero-order valence-electron chi connectivity index (χ0n) is 23.1. The molecule has 1 aliphatic heterocycles. The van der Waals surface area contributed by atoms with Crippen LogP contribution in [0.5, 0.6) is 0 Å². The maximum Gasteiger partial charge on any atom is 0.225 e. The molecule has 2 fully saturated rings. The number of hydrogen-bond donors (Lipinski definition) is 2. The van der Waals surface area contributed by atoms with Crippen molar-refractivity contribution in [1.82, 2.24) is 9.62 Å². The first-order valence-corrected chi connectivity index (χ1v) is 15.9. The summed E-state index contributed by atoms with van der Waals surface area (Å²) in [5.74, 6) is -3.21. The van der Waals surface area contributed by atoms with Crippen LogP contribution in [-0.2, 0) is 21.2 Å². The van der Waals surface area contributed by atoms with Crippen LogP contribution in [-0.4, -0.2) is 49.1 Å². The summed E-state index contributed by atoms with van der Waals surface area (Å²) in [4.78, 5) is 13.3. The van der Waals surface area contributed by atoms with Crippen LogP contribution in [0, 0.1) is 17.5 Å². The van der Waals surface area contributed by atoms with Gasteiger partial charge >= 0.3 is 0 Å². The van der Waals surface area contributed by atoms with Crippen LogP contribution in [0.3, 0.4) is 0 Å². The van der Waals surface area contributed by atoms with Gasteiger partial charge < -0.3 is 10.6 Å². The van der Waals surface area contributed by atoms with E-state index in [1.165, 1.54) is 24.3 Å². The molecular weight excluding hydrogens is 587 g/mol. The molecule has 1 heterocycles. The van der Waals surface area contributed by atoms with Gasteiger partial charge in [-0.05, 0) is 80.1 Å². The summed E-state index contributed by atoms with van der Waals surface area (Å²) < 4.78 is 71.3. The molecule has 1 saturated carbocycles. The zero-order valence-corrected chi connectivity index (χ0v) is 24.7. The first-order chi connectivity index (χ1) is 20.0. The Kier molecular flexibility index (Phi) is 9.27. The number of nitrogens with zero attached hydrogens (tertiary/aromatic N) is 1. The highest BCUT2D eigenvalue weighted by atomic mass is 35.5. The Hall–Kier alpha value is -2.92. The molecule has 0 bridgehead atoms. The quantitative estimate of drug-likeness (QED) is 0.292. The van der Waals surface area contributed by atoms with Crippen LogP contribution in [0.15, 0.2) is 60.7 Å². The number of halogens is 4. The van der Waals surface area contributed by atoms with Gasteiger partial charge in [-0.2, -0.15) is 4.31 Å². The molecule has 1 aliphatic carbocycles. The molecule has 11 heteroatoms. The second kappa shape index (κ2) is 12.8. The number of carbonyl (C=O) groups is 1. The van der Waals surface area contributed by atoms with E-state index in [2.05, 4.69) is 10.6 Å². The van der Waals surface area contributed by atoms with E-state index in [-0.39, 0.29) is 47.0 Å². The van der Waals surface area contributed by atoms with E-state index in [4.69, 9.17) is 11.6 Å². The molecule has 3 atom stereocenters. The molecule has 42 heavy (non-hydrogen) atoms. The Morgan fingerprint density at radius 3 is 2.38 bits per heavy atom. The summed E-state index contributed by atoms with van der Waals surface area (Å²) in [6, 6.07) is 13.6. The van der Waals surface area contributed by atoms with E-state index in [1.54, 1.807) is 34.6 Å². The number of anilines is 1. The lowest BCUT2D eigenvalue weighted by atomic mass is 9.88. The Balaban J connectivity index is 1.35. The van der Waals surface area contributed by atoms with Gasteiger partial charge in [0.15, 0.2) is 0 Å². The average Bonchev–Trinajstić information content (AvgIpc) is 3.78. The molecular formula is C31H33ClF3N3O3S. The van der Waals surface area contributed by atoms with Gasteiger partial charge in [-0.1, -0.05) is 29.8 Å². The van der Waals surface area contributed by atoms with Crippen LogP contribution >= 0.6 is 11.6 Å². The second-order valence-electron chi connectivity index (χ2n) is 11.1. The molecule has 3 unspecified atom stereocenters. The first kappa shape index (κ1) is 30.5. The van der Waals surface area contributed by atoms with Crippen LogP contribution < -0.4 is 10.6 Å². The number of sulfonamides is 1. The maximum atomic E-state index is 15.1. The van der Waals surface area contributed by atoms with Crippen molar-refractivity contribution in [1.29, 1.82) is 0 Å². The lowest BCUT2D eigenvalue weighted by Crippen LogP contribution is -2.59. The molecule has 3 aromatic carbocycles. The summed E-state index contributed by atoms with van der Waals surface area (Å²) in [6.45, 7) is 2.88. The van der Waals surface area contributed by atoms with Crippen LogP contribution in [0.4, 0.5) is 18.9 Å². The van der Waals surface area contributed by atoms with Crippen molar-refractivity contribution in [2.24, 2.45) is 0 Å². The molecule has 1 amide bonds. The zero-order chi connectivity index (χ0) is 30.0. The fraction of sp³-hybridized carbons (Fsp3) is 0.387. The van der Waals surface area contributed by atoms with Crippen molar-refractivity contribution in [3.8, 4) is 0 Å². The summed E-state index contributed by atoms with van der Waals surface area (Å²) in [5.41, 5.74) is 1.46. The van der Waals surface area contributed by atoms with Gasteiger partial charge in [0, 0.05) is 59.9 Å². The molecule has 6 nitrogen and oxygen atoms in total. The highest BCUT2D eigenvalue weighted by Crippen LogP contribution is 2.35. The summed E-state index contributed by atoms with van der Waals surface area (Å²) in [7, 11) is -3.44. The highest BCUT2D eigenvalue weighted by Gasteiger charge is 2.45. The molecule has 0 radical (unpaired) electrons. The minimum atomic E-state index is -3.44. The van der Waals surface area contributed by atoms with E-state index in [0.717, 1.165) is 6.07 Å². The summed E-state index contributed by atoms with van der Waals surface area (Å²) in [6.07, 6.45) is 1.72. The number of carbonyl (C=O) groups excluding carboxylic acids is 1. The minimum Gasteiger partial charge on any atom is -0.326 e. The number of amides is 1. The van der Waals surface area contributed by atoms with E-state index in [0.29, 0.717) is 42.9 Å². The minimum absolute atomic E-state index is 0.169. The van der Waals surface area contributed by atoms with Crippen LogP contribution in [0.2, 0.25) is 5.02 Å². The van der Waals surface area contributed by atoms with E-state index < -0.39 is 39.3 Å². The number of piperazine rings is 1. The van der Waals surface area contributed by atoms with Crippen molar-refractivity contribution < 1.29 is 26.4 Å². The molecule has 5 rings (SSSR count). The van der Waals surface area contributed by atoms with Gasteiger partial charge in [-0.15, -0.1) is 0 Å². The maximum absolute atomic E-state index is 15.1. The van der Waals surface area contributed by atoms with Gasteiger partial charge in [0.25, 0.3) is 0 Å². The molecule has 0 spiro atoms. The fourth-order valence-corrected chi connectivity index (χ4v) is 8.13. The Bertz CT molecular complexity index is 1530. The van der Waals surface area contributed by atoms with Crippen molar-refractivity contribution in [2.75, 3.05) is 18.4 Å². The van der Waals surface area contributed by atoms with Crippen molar-refractivity contribution in [3.05, 3.63) is 99.8 Å².